The molecular weight excluding hydrogens is 402 g/mol. The predicted octanol–water partition coefficient (Wildman–Crippen LogP) is 2.97. The van der Waals surface area contributed by atoms with Crippen LogP contribution in [0.25, 0.3) is 11.3 Å². The number of hydrogen-bond donors (Lipinski definition) is 0. The van der Waals surface area contributed by atoms with Crippen molar-refractivity contribution in [2.24, 2.45) is 0 Å². The first kappa shape index (κ1) is 21.0. The molecule has 0 aliphatic carbocycles. The molecule has 1 unspecified atom stereocenters. The summed E-state index contributed by atoms with van der Waals surface area (Å²) in [6, 6.07) is 8.10. The average molecular weight is 434 g/mol. The van der Waals surface area contributed by atoms with E-state index >= 15 is 0 Å². The molecule has 0 amide bonds. The van der Waals surface area contributed by atoms with E-state index in [0.717, 1.165) is 93.0 Å². The number of hydrogen-bond acceptors (Lipinski definition) is 8. The largest absolute Gasteiger partial charge is 0.356 e. The van der Waals surface area contributed by atoms with E-state index in [1.54, 1.807) is 0 Å². The van der Waals surface area contributed by atoms with Gasteiger partial charge in [0.15, 0.2) is 5.76 Å². The first-order valence-electron chi connectivity index (χ1n) is 11.5. The number of pyridine rings is 1. The van der Waals surface area contributed by atoms with Gasteiger partial charge in [-0.25, -0.2) is 9.97 Å². The molecule has 0 radical (unpaired) electrons. The standard InChI is InChI=1S/C24H31N7O/c1-18-14-22(32-28-18)21-15-26-24(31-12-10-29(2)11-13-31)27-23(21)19-6-5-9-30(16-19)17-20-7-3-4-8-25-20/h3-4,7-8,14-15,19H,5-6,9-13,16-17H2,1-2H3. The highest BCUT2D eigenvalue weighted by Gasteiger charge is 2.28. The van der Waals surface area contributed by atoms with Gasteiger partial charge in [0, 0.05) is 63.6 Å². The van der Waals surface area contributed by atoms with Gasteiger partial charge in [-0.2, -0.15) is 0 Å². The van der Waals surface area contributed by atoms with Gasteiger partial charge in [-0.1, -0.05) is 11.2 Å². The zero-order valence-corrected chi connectivity index (χ0v) is 18.9. The number of piperazine rings is 1. The predicted molar refractivity (Wildman–Crippen MR) is 123 cm³/mol. The molecule has 5 heterocycles. The molecule has 0 spiro atoms. The molecule has 8 nitrogen and oxygen atoms in total. The lowest BCUT2D eigenvalue weighted by atomic mass is 9.91. The Morgan fingerprint density at radius 2 is 1.97 bits per heavy atom. The fraction of sp³-hybridized carbons (Fsp3) is 0.500. The van der Waals surface area contributed by atoms with Crippen LogP contribution in [0.2, 0.25) is 0 Å². The number of anilines is 1. The summed E-state index contributed by atoms with van der Waals surface area (Å²) in [5.41, 5.74) is 4.03. The molecule has 2 saturated heterocycles. The molecule has 0 aromatic carbocycles. The van der Waals surface area contributed by atoms with Crippen LogP contribution in [0.3, 0.4) is 0 Å². The monoisotopic (exact) mass is 433 g/mol. The van der Waals surface area contributed by atoms with Crippen molar-refractivity contribution in [2.75, 3.05) is 51.2 Å². The number of aromatic nitrogens is 4. The van der Waals surface area contributed by atoms with Gasteiger partial charge in [-0.05, 0) is 45.5 Å². The molecule has 168 valence electrons. The number of aryl methyl sites for hydroxylation is 1. The van der Waals surface area contributed by atoms with E-state index in [-0.39, 0.29) is 0 Å². The van der Waals surface area contributed by atoms with E-state index < -0.39 is 0 Å². The molecular formula is C24H31N7O. The fourth-order valence-corrected chi connectivity index (χ4v) is 4.68. The lowest BCUT2D eigenvalue weighted by Crippen LogP contribution is -2.45. The van der Waals surface area contributed by atoms with Crippen molar-refractivity contribution in [3.05, 3.63) is 53.7 Å². The van der Waals surface area contributed by atoms with Crippen molar-refractivity contribution in [3.63, 3.8) is 0 Å². The van der Waals surface area contributed by atoms with E-state index in [1.807, 2.05) is 31.5 Å². The van der Waals surface area contributed by atoms with Crippen LogP contribution < -0.4 is 4.90 Å². The maximum atomic E-state index is 5.63. The SMILES string of the molecule is Cc1cc(-c2cnc(N3CCN(C)CC3)nc2C2CCCN(Cc3ccccn3)C2)on1. The first-order chi connectivity index (χ1) is 15.7. The molecule has 0 saturated carbocycles. The van der Waals surface area contributed by atoms with Crippen LogP contribution in [-0.2, 0) is 6.54 Å². The lowest BCUT2D eigenvalue weighted by Gasteiger charge is -2.35. The molecule has 0 bridgehead atoms. The van der Waals surface area contributed by atoms with Gasteiger partial charge in [0.05, 0.1) is 22.6 Å². The second-order valence-corrected chi connectivity index (χ2v) is 8.99. The van der Waals surface area contributed by atoms with Crippen LogP contribution in [0.4, 0.5) is 5.95 Å². The van der Waals surface area contributed by atoms with Gasteiger partial charge < -0.3 is 14.3 Å². The second-order valence-electron chi connectivity index (χ2n) is 8.99. The van der Waals surface area contributed by atoms with E-state index in [0.29, 0.717) is 5.92 Å². The Balaban J connectivity index is 1.43. The topological polar surface area (TPSA) is 74.4 Å². The van der Waals surface area contributed by atoms with Crippen LogP contribution in [0, 0.1) is 6.92 Å². The zero-order valence-electron chi connectivity index (χ0n) is 18.9. The molecule has 0 N–H and O–H groups in total. The van der Waals surface area contributed by atoms with Crippen LogP contribution in [0.1, 0.15) is 35.8 Å². The Kier molecular flexibility index (Phi) is 6.14. The van der Waals surface area contributed by atoms with Gasteiger partial charge in [0.25, 0.3) is 0 Å². The van der Waals surface area contributed by atoms with Gasteiger partial charge in [-0.3, -0.25) is 9.88 Å². The number of nitrogens with zero attached hydrogens (tertiary/aromatic N) is 7. The van der Waals surface area contributed by atoms with Crippen LogP contribution >= 0.6 is 0 Å². The van der Waals surface area contributed by atoms with E-state index in [2.05, 4.69) is 44.0 Å². The van der Waals surface area contributed by atoms with Crippen molar-refractivity contribution in [3.8, 4) is 11.3 Å². The Morgan fingerprint density at radius 3 is 2.72 bits per heavy atom. The Morgan fingerprint density at radius 1 is 1.09 bits per heavy atom. The quantitative estimate of drug-likeness (QED) is 0.608. The molecule has 3 aromatic rings. The van der Waals surface area contributed by atoms with Crippen LogP contribution in [0.5, 0.6) is 0 Å². The van der Waals surface area contributed by atoms with E-state index in [1.165, 1.54) is 0 Å². The van der Waals surface area contributed by atoms with Crippen molar-refractivity contribution in [1.82, 2.24) is 29.9 Å². The highest BCUT2D eigenvalue weighted by atomic mass is 16.5. The Bertz CT molecular complexity index is 1030. The summed E-state index contributed by atoms with van der Waals surface area (Å²) in [6.45, 7) is 8.81. The van der Waals surface area contributed by atoms with Gasteiger partial charge >= 0.3 is 0 Å². The molecule has 2 aliphatic heterocycles. The summed E-state index contributed by atoms with van der Waals surface area (Å²) in [4.78, 5) is 21.5. The van der Waals surface area contributed by atoms with Gasteiger partial charge in [0.2, 0.25) is 5.95 Å². The molecule has 8 heteroatoms. The van der Waals surface area contributed by atoms with Gasteiger partial charge in [-0.15, -0.1) is 0 Å². The van der Waals surface area contributed by atoms with E-state index in [9.17, 15) is 0 Å². The third-order valence-electron chi connectivity index (χ3n) is 6.49. The fourth-order valence-electron chi connectivity index (χ4n) is 4.68. The van der Waals surface area contributed by atoms with Crippen molar-refractivity contribution >= 4 is 5.95 Å². The van der Waals surface area contributed by atoms with E-state index in [4.69, 9.17) is 14.5 Å². The number of rotatable bonds is 5. The third kappa shape index (κ3) is 4.66. The number of likely N-dealkylation sites (tertiary alicyclic amines) is 1. The third-order valence-corrected chi connectivity index (χ3v) is 6.49. The Labute approximate surface area is 189 Å². The maximum absolute atomic E-state index is 5.63. The maximum Gasteiger partial charge on any atom is 0.225 e. The van der Waals surface area contributed by atoms with Crippen molar-refractivity contribution in [2.45, 2.75) is 32.2 Å². The smallest absolute Gasteiger partial charge is 0.225 e. The summed E-state index contributed by atoms with van der Waals surface area (Å²) in [6.07, 6.45) is 6.06. The number of likely N-dealkylation sites (N-methyl/N-ethyl adjacent to an activating group) is 1. The minimum Gasteiger partial charge on any atom is -0.356 e. The molecule has 5 rings (SSSR count). The average Bonchev–Trinajstić information content (AvgIpc) is 3.26. The van der Waals surface area contributed by atoms with Gasteiger partial charge in [0.1, 0.15) is 0 Å². The highest BCUT2D eigenvalue weighted by molar-refractivity contribution is 5.61. The molecule has 2 fully saturated rings. The minimum absolute atomic E-state index is 0.321. The van der Waals surface area contributed by atoms with Crippen LogP contribution in [0.15, 0.2) is 41.2 Å². The normalized spacial score (nSPS) is 20.6. The number of piperidine rings is 1. The summed E-state index contributed by atoms with van der Waals surface area (Å²) in [5.74, 6) is 1.90. The lowest BCUT2D eigenvalue weighted by molar-refractivity contribution is 0.196. The van der Waals surface area contributed by atoms with Crippen molar-refractivity contribution < 1.29 is 4.52 Å². The molecule has 32 heavy (non-hydrogen) atoms. The van der Waals surface area contributed by atoms with Crippen LogP contribution in [-0.4, -0.2) is 76.2 Å². The summed E-state index contributed by atoms with van der Waals surface area (Å²) in [5, 5.41) is 4.11. The minimum atomic E-state index is 0.321. The molecule has 1 atom stereocenters. The first-order valence-corrected chi connectivity index (χ1v) is 11.5. The second kappa shape index (κ2) is 9.34. The highest BCUT2D eigenvalue weighted by Crippen LogP contribution is 2.34. The Hall–Kier alpha value is -2.84. The summed E-state index contributed by atoms with van der Waals surface area (Å²) in [7, 11) is 2.16. The summed E-state index contributed by atoms with van der Waals surface area (Å²) < 4.78 is 5.63. The molecule has 2 aliphatic rings. The summed E-state index contributed by atoms with van der Waals surface area (Å²) >= 11 is 0. The molecule has 3 aromatic heterocycles. The zero-order chi connectivity index (χ0) is 21.9. The van der Waals surface area contributed by atoms with Crippen molar-refractivity contribution in [1.29, 1.82) is 0 Å².